The number of nitrogens with zero attached hydrogens (tertiary/aromatic N) is 1. The number of cyclic esters (lactones) is 1. The number of esters is 1. The predicted molar refractivity (Wildman–Crippen MR) is 111 cm³/mol. The second-order valence-corrected chi connectivity index (χ2v) is 7.59. The Morgan fingerprint density at radius 1 is 1.10 bits per heavy atom. The monoisotopic (exact) mass is 427 g/mol. The average Bonchev–Trinajstić information content (AvgIpc) is 3.19. The second kappa shape index (κ2) is 8.95. The summed E-state index contributed by atoms with van der Waals surface area (Å²) >= 11 is 0. The maximum absolute atomic E-state index is 12.1. The zero-order valence-corrected chi connectivity index (χ0v) is 17.5. The van der Waals surface area contributed by atoms with Crippen LogP contribution in [-0.4, -0.2) is 57.4 Å². The summed E-state index contributed by atoms with van der Waals surface area (Å²) in [5.41, 5.74) is 1.82. The molecule has 0 N–H and O–H groups in total. The number of carbonyl (C=O) groups is 2. The molecule has 0 radical (unpaired) electrons. The van der Waals surface area contributed by atoms with E-state index >= 15 is 0 Å². The molecule has 0 aromatic heterocycles. The van der Waals surface area contributed by atoms with Gasteiger partial charge in [0, 0.05) is 18.5 Å². The molecule has 0 bridgehead atoms. The van der Waals surface area contributed by atoms with Crippen molar-refractivity contribution < 1.29 is 33.3 Å². The Hall–Kier alpha value is -3.10. The second-order valence-electron chi connectivity index (χ2n) is 7.59. The third-order valence-electron chi connectivity index (χ3n) is 5.41. The van der Waals surface area contributed by atoms with Crippen molar-refractivity contribution in [2.45, 2.75) is 24.7 Å². The molecule has 2 fully saturated rings. The Balaban J connectivity index is 1.28. The smallest absolute Gasteiger partial charge is 0.414 e. The molecular formula is C23H25NO7. The molecular weight excluding hydrogens is 402 g/mol. The Bertz CT molecular complexity index is 907. The Morgan fingerprint density at radius 3 is 2.42 bits per heavy atom. The third-order valence-corrected chi connectivity index (χ3v) is 5.41. The number of para-hydroxylation sites is 1. The maximum Gasteiger partial charge on any atom is 0.414 e. The quantitative estimate of drug-likeness (QED) is 0.655. The summed E-state index contributed by atoms with van der Waals surface area (Å²) in [5.74, 6) is -1.23. The first-order chi connectivity index (χ1) is 15.0. The van der Waals surface area contributed by atoms with Gasteiger partial charge in [-0.25, -0.2) is 9.59 Å². The van der Waals surface area contributed by atoms with E-state index in [1.54, 1.807) is 11.8 Å². The number of ether oxygens (including phenoxy) is 5. The molecule has 164 valence electrons. The van der Waals surface area contributed by atoms with Gasteiger partial charge in [0.05, 0.1) is 26.9 Å². The highest BCUT2D eigenvalue weighted by Crippen LogP contribution is 2.30. The highest BCUT2D eigenvalue weighted by Gasteiger charge is 2.41. The van der Waals surface area contributed by atoms with Crippen LogP contribution in [0, 0.1) is 0 Å². The first-order valence-electron chi connectivity index (χ1n) is 10.1. The molecule has 2 aromatic rings. The van der Waals surface area contributed by atoms with Crippen LogP contribution in [0.1, 0.15) is 18.4 Å². The largest absolute Gasteiger partial charge is 0.490 e. The molecule has 31 heavy (non-hydrogen) atoms. The van der Waals surface area contributed by atoms with Crippen LogP contribution >= 0.6 is 0 Å². The van der Waals surface area contributed by atoms with E-state index in [-0.39, 0.29) is 24.7 Å². The van der Waals surface area contributed by atoms with Crippen molar-refractivity contribution in [1.82, 2.24) is 0 Å². The molecule has 2 heterocycles. The zero-order valence-electron chi connectivity index (χ0n) is 17.5. The van der Waals surface area contributed by atoms with Crippen molar-refractivity contribution in [3.63, 3.8) is 0 Å². The van der Waals surface area contributed by atoms with Gasteiger partial charge in [-0.2, -0.15) is 0 Å². The van der Waals surface area contributed by atoms with Crippen molar-refractivity contribution in [1.29, 1.82) is 0 Å². The van der Waals surface area contributed by atoms with Crippen LogP contribution in [0.25, 0.3) is 0 Å². The SMILES string of the molecule is COC(=O)[C@]1(C)OC[C@H](c2ccc(OCC3CN(c4ccccc4)C(=O)O3)cc2)CO1. The van der Waals surface area contributed by atoms with E-state index < -0.39 is 11.8 Å². The molecule has 1 amide bonds. The topological polar surface area (TPSA) is 83.5 Å². The number of hydrogen-bond acceptors (Lipinski definition) is 7. The Kier molecular flexibility index (Phi) is 6.11. The van der Waals surface area contributed by atoms with E-state index in [1.807, 2.05) is 54.6 Å². The van der Waals surface area contributed by atoms with Crippen LogP contribution in [0.2, 0.25) is 0 Å². The number of hydrogen-bond donors (Lipinski definition) is 0. The van der Waals surface area contributed by atoms with Crippen molar-refractivity contribution in [2.75, 3.05) is 38.4 Å². The molecule has 2 aliphatic rings. The van der Waals surface area contributed by atoms with Gasteiger partial charge in [0.15, 0.2) is 6.10 Å². The lowest BCUT2D eigenvalue weighted by atomic mass is 9.99. The molecule has 4 rings (SSSR count). The fraction of sp³-hybridized carbons (Fsp3) is 0.391. The molecule has 1 unspecified atom stereocenters. The van der Waals surface area contributed by atoms with E-state index in [0.29, 0.717) is 25.5 Å². The summed E-state index contributed by atoms with van der Waals surface area (Å²) in [7, 11) is 1.30. The molecule has 2 aliphatic heterocycles. The van der Waals surface area contributed by atoms with Gasteiger partial charge in [-0.05, 0) is 29.8 Å². The molecule has 0 aliphatic carbocycles. The van der Waals surface area contributed by atoms with Crippen molar-refractivity contribution >= 4 is 17.7 Å². The number of methoxy groups -OCH3 is 1. The summed E-state index contributed by atoms with van der Waals surface area (Å²) in [6.45, 7) is 2.96. The Morgan fingerprint density at radius 2 is 1.77 bits per heavy atom. The normalized spacial score (nSPS) is 25.7. The highest BCUT2D eigenvalue weighted by atomic mass is 16.7. The van der Waals surface area contributed by atoms with Crippen LogP contribution in [0.4, 0.5) is 10.5 Å². The summed E-state index contributed by atoms with van der Waals surface area (Å²) in [6, 6.07) is 17.0. The first-order valence-corrected chi connectivity index (χ1v) is 10.1. The van der Waals surface area contributed by atoms with Crippen molar-refractivity contribution in [2.24, 2.45) is 0 Å². The fourth-order valence-corrected chi connectivity index (χ4v) is 3.56. The number of benzene rings is 2. The van der Waals surface area contributed by atoms with Crippen LogP contribution in [-0.2, 0) is 23.7 Å². The third kappa shape index (κ3) is 4.65. The standard InChI is InChI=1S/C23H25NO7/c1-23(21(25)27-2)29-13-17(14-30-23)16-8-10-19(11-9-16)28-15-20-12-24(22(26)31-20)18-6-4-3-5-7-18/h3-11,17,20H,12-15H2,1-2H3/t17-,20?,23+. The van der Waals surface area contributed by atoms with Gasteiger partial charge in [0.2, 0.25) is 0 Å². The van der Waals surface area contributed by atoms with Crippen LogP contribution < -0.4 is 9.64 Å². The van der Waals surface area contributed by atoms with Gasteiger partial charge < -0.3 is 23.7 Å². The summed E-state index contributed by atoms with van der Waals surface area (Å²) in [6.07, 6.45) is -0.713. The lowest BCUT2D eigenvalue weighted by molar-refractivity contribution is -0.264. The van der Waals surface area contributed by atoms with Crippen LogP contribution in [0.5, 0.6) is 5.75 Å². The molecule has 2 saturated heterocycles. The van der Waals surface area contributed by atoms with Gasteiger partial charge in [0.1, 0.15) is 12.4 Å². The van der Waals surface area contributed by atoms with Gasteiger partial charge in [-0.3, -0.25) is 4.90 Å². The van der Waals surface area contributed by atoms with Gasteiger partial charge >= 0.3 is 12.1 Å². The van der Waals surface area contributed by atoms with E-state index in [1.165, 1.54) is 7.11 Å². The number of anilines is 1. The van der Waals surface area contributed by atoms with E-state index in [0.717, 1.165) is 11.3 Å². The minimum atomic E-state index is -1.36. The van der Waals surface area contributed by atoms with E-state index in [4.69, 9.17) is 23.7 Å². The summed E-state index contributed by atoms with van der Waals surface area (Å²) in [4.78, 5) is 25.5. The van der Waals surface area contributed by atoms with Gasteiger partial charge in [-0.1, -0.05) is 30.3 Å². The lowest BCUT2D eigenvalue weighted by Crippen LogP contribution is -2.47. The minimum Gasteiger partial charge on any atom is -0.490 e. The summed E-state index contributed by atoms with van der Waals surface area (Å²) in [5, 5.41) is 0. The highest BCUT2D eigenvalue weighted by molar-refractivity contribution is 5.89. The number of carbonyl (C=O) groups excluding carboxylic acids is 2. The number of rotatable bonds is 6. The molecule has 0 spiro atoms. The first kappa shape index (κ1) is 21.1. The molecule has 0 saturated carbocycles. The van der Waals surface area contributed by atoms with E-state index in [2.05, 4.69) is 0 Å². The molecule has 8 heteroatoms. The fourth-order valence-electron chi connectivity index (χ4n) is 3.56. The zero-order chi connectivity index (χ0) is 21.8. The van der Waals surface area contributed by atoms with Crippen LogP contribution in [0.3, 0.4) is 0 Å². The maximum atomic E-state index is 12.1. The van der Waals surface area contributed by atoms with Crippen molar-refractivity contribution in [3.05, 3.63) is 60.2 Å². The van der Waals surface area contributed by atoms with Gasteiger partial charge in [0.25, 0.3) is 5.79 Å². The molecule has 1 atom stereocenters. The summed E-state index contributed by atoms with van der Waals surface area (Å²) < 4.78 is 27.2. The molecule has 2 aromatic carbocycles. The van der Waals surface area contributed by atoms with Crippen LogP contribution in [0.15, 0.2) is 54.6 Å². The lowest BCUT2D eigenvalue weighted by Gasteiger charge is -2.35. The Labute approximate surface area is 180 Å². The molecule has 8 nitrogen and oxygen atoms in total. The van der Waals surface area contributed by atoms with Gasteiger partial charge in [-0.15, -0.1) is 0 Å². The number of amides is 1. The van der Waals surface area contributed by atoms with E-state index in [9.17, 15) is 9.59 Å². The minimum absolute atomic E-state index is 0.00185. The van der Waals surface area contributed by atoms with Crippen molar-refractivity contribution in [3.8, 4) is 5.75 Å². The predicted octanol–water partition coefficient (Wildman–Crippen LogP) is 3.11. The average molecular weight is 427 g/mol.